The Labute approximate surface area is 175 Å². The van der Waals surface area contributed by atoms with Crippen molar-refractivity contribution in [2.45, 2.75) is 84.4 Å². The number of fused-ring (bicyclic) bond motifs is 1. The monoisotopic (exact) mass is 424 g/mol. The minimum Gasteiger partial charge on any atom is -0.484 e. The lowest BCUT2D eigenvalue weighted by Gasteiger charge is -2.40. The highest BCUT2D eigenvalue weighted by molar-refractivity contribution is 6.74. The molecule has 0 radical (unpaired) electrons. The molecule has 164 valence electrons. The molecule has 0 N–H and O–H groups in total. The minimum absolute atomic E-state index is 0.126. The van der Waals surface area contributed by atoms with Crippen LogP contribution in [0.15, 0.2) is 12.1 Å². The Balaban J connectivity index is 2.35. The topological polar surface area (TPSA) is 63.2 Å². The first-order valence-corrected chi connectivity index (χ1v) is 13.0. The Hall–Kier alpha value is -1.57. The number of esters is 1. The molecule has 0 saturated heterocycles. The highest BCUT2D eigenvalue weighted by Crippen LogP contribution is 2.42. The van der Waals surface area contributed by atoms with Crippen LogP contribution in [0.2, 0.25) is 18.1 Å². The van der Waals surface area contributed by atoms with Crippen molar-refractivity contribution in [3.8, 4) is 11.5 Å². The molecule has 2 rings (SSSR count). The van der Waals surface area contributed by atoms with Crippen molar-refractivity contribution < 1.29 is 28.2 Å². The summed E-state index contributed by atoms with van der Waals surface area (Å²) in [6.45, 7) is 17.0. The third-order valence-corrected chi connectivity index (χ3v) is 10.3. The fourth-order valence-corrected chi connectivity index (χ4v) is 3.91. The van der Waals surface area contributed by atoms with E-state index in [1.165, 1.54) is 6.92 Å². The molecular weight excluding hydrogens is 388 g/mol. The highest BCUT2D eigenvalue weighted by Gasteiger charge is 2.41. The van der Waals surface area contributed by atoms with E-state index >= 15 is 0 Å². The van der Waals surface area contributed by atoms with Gasteiger partial charge in [0.05, 0.1) is 6.61 Å². The normalized spacial score (nSPS) is 18.6. The van der Waals surface area contributed by atoms with Crippen LogP contribution >= 0.6 is 0 Å². The number of methoxy groups -OCH3 is 1. The van der Waals surface area contributed by atoms with Crippen molar-refractivity contribution in [3.05, 3.63) is 23.3 Å². The molecule has 1 aromatic rings. The number of benzene rings is 1. The molecule has 1 atom stereocenters. The predicted molar refractivity (Wildman–Crippen MR) is 115 cm³/mol. The standard InChI is InChI=1S/C22H36O6Si/c1-15(23)27-20-12-17-18(25-14-24-7)10-16(11-19(17)28-22(20,5)6)13-26-29(8,9)21(2,3)4/h10-11,20H,12-14H2,1-9H3/t20-/m0/s1. The number of carbonyl (C=O) groups excluding carboxylic acids is 1. The largest absolute Gasteiger partial charge is 0.484 e. The number of carbonyl (C=O) groups is 1. The van der Waals surface area contributed by atoms with Crippen molar-refractivity contribution in [3.63, 3.8) is 0 Å². The van der Waals surface area contributed by atoms with E-state index in [4.69, 9.17) is 23.4 Å². The Morgan fingerprint density at radius 3 is 2.48 bits per heavy atom. The Kier molecular flexibility index (Phi) is 7.08. The maximum atomic E-state index is 11.5. The van der Waals surface area contributed by atoms with Crippen molar-refractivity contribution in [2.24, 2.45) is 0 Å². The van der Waals surface area contributed by atoms with Gasteiger partial charge in [0.1, 0.15) is 23.2 Å². The summed E-state index contributed by atoms with van der Waals surface area (Å²) >= 11 is 0. The molecule has 0 aromatic heterocycles. The zero-order valence-corrected chi connectivity index (χ0v) is 20.3. The van der Waals surface area contributed by atoms with Gasteiger partial charge in [0.25, 0.3) is 0 Å². The Bertz CT molecular complexity index is 736. The van der Waals surface area contributed by atoms with Crippen LogP contribution in [0.4, 0.5) is 0 Å². The average Bonchev–Trinajstić information content (AvgIpc) is 2.57. The summed E-state index contributed by atoms with van der Waals surface area (Å²) in [5, 5.41) is 0.131. The second-order valence-electron chi connectivity index (χ2n) is 9.68. The van der Waals surface area contributed by atoms with Gasteiger partial charge in [-0.1, -0.05) is 20.8 Å². The molecule has 0 fully saturated rings. The summed E-state index contributed by atoms with van der Waals surface area (Å²) in [5.74, 6) is 1.08. The molecule has 6 nitrogen and oxygen atoms in total. The second kappa shape index (κ2) is 8.66. The number of hydrogen-bond donors (Lipinski definition) is 0. The van der Waals surface area contributed by atoms with E-state index in [9.17, 15) is 4.79 Å². The van der Waals surface area contributed by atoms with Crippen LogP contribution < -0.4 is 9.47 Å². The molecule has 1 aliphatic rings. The van der Waals surface area contributed by atoms with Crippen LogP contribution in [-0.2, 0) is 31.7 Å². The SMILES string of the molecule is COCOc1cc(CO[Si](C)(C)C(C)(C)C)cc2c1C[C@H](OC(C)=O)C(C)(C)O2. The number of rotatable bonds is 7. The lowest BCUT2D eigenvalue weighted by molar-refractivity contribution is -0.158. The highest BCUT2D eigenvalue weighted by atomic mass is 28.4. The molecule has 0 aliphatic carbocycles. The molecular formula is C22H36O6Si. The molecule has 1 heterocycles. The molecule has 7 heteroatoms. The van der Waals surface area contributed by atoms with Crippen LogP contribution in [0.5, 0.6) is 11.5 Å². The fourth-order valence-electron chi connectivity index (χ4n) is 2.95. The van der Waals surface area contributed by atoms with E-state index in [2.05, 4.69) is 33.9 Å². The van der Waals surface area contributed by atoms with E-state index in [0.29, 0.717) is 18.8 Å². The van der Waals surface area contributed by atoms with Crippen molar-refractivity contribution in [1.82, 2.24) is 0 Å². The van der Waals surface area contributed by atoms with Gasteiger partial charge in [0.2, 0.25) is 0 Å². The second-order valence-corrected chi connectivity index (χ2v) is 14.5. The molecule has 0 unspecified atom stereocenters. The summed E-state index contributed by atoms with van der Waals surface area (Å²) < 4.78 is 29.1. The quantitative estimate of drug-likeness (QED) is 0.355. The van der Waals surface area contributed by atoms with Crippen LogP contribution in [0.3, 0.4) is 0 Å². The van der Waals surface area contributed by atoms with Gasteiger partial charge in [0.15, 0.2) is 15.1 Å². The van der Waals surface area contributed by atoms with Gasteiger partial charge in [-0.05, 0) is 49.7 Å². The third kappa shape index (κ3) is 5.74. The van der Waals surface area contributed by atoms with Gasteiger partial charge in [-0.25, -0.2) is 0 Å². The Morgan fingerprint density at radius 2 is 1.93 bits per heavy atom. The molecule has 29 heavy (non-hydrogen) atoms. The first-order valence-electron chi connectivity index (χ1n) is 10.0. The molecule has 1 aromatic carbocycles. The number of hydrogen-bond acceptors (Lipinski definition) is 6. The van der Waals surface area contributed by atoms with E-state index in [0.717, 1.165) is 16.9 Å². The van der Waals surface area contributed by atoms with Gasteiger partial charge >= 0.3 is 5.97 Å². The van der Waals surface area contributed by atoms with E-state index in [-0.39, 0.29) is 17.8 Å². The molecule has 0 saturated carbocycles. The van der Waals surface area contributed by atoms with Gasteiger partial charge in [-0.2, -0.15) is 0 Å². The smallest absolute Gasteiger partial charge is 0.303 e. The van der Waals surface area contributed by atoms with Crippen LogP contribution in [0, 0.1) is 0 Å². The average molecular weight is 425 g/mol. The first-order chi connectivity index (χ1) is 13.3. The van der Waals surface area contributed by atoms with Crippen LogP contribution in [0.25, 0.3) is 0 Å². The summed E-state index contributed by atoms with van der Waals surface area (Å²) in [5.41, 5.74) is 1.22. The fraction of sp³-hybridized carbons (Fsp3) is 0.682. The Morgan fingerprint density at radius 1 is 1.28 bits per heavy atom. The lowest BCUT2D eigenvalue weighted by Crippen LogP contribution is -2.48. The predicted octanol–water partition coefficient (Wildman–Crippen LogP) is 4.84. The van der Waals surface area contributed by atoms with E-state index in [1.807, 2.05) is 26.0 Å². The molecule has 0 spiro atoms. The maximum Gasteiger partial charge on any atom is 0.303 e. The zero-order valence-electron chi connectivity index (χ0n) is 19.3. The van der Waals surface area contributed by atoms with Gasteiger partial charge in [-0.3, -0.25) is 4.79 Å². The summed E-state index contributed by atoms with van der Waals surface area (Å²) in [4.78, 5) is 11.5. The van der Waals surface area contributed by atoms with Crippen molar-refractivity contribution >= 4 is 14.3 Å². The lowest BCUT2D eigenvalue weighted by atomic mass is 9.89. The van der Waals surface area contributed by atoms with Crippen LogP contribution in [-0.4, -0.2) is 39.9 Å². The summed E-state index contributed by atoms with van der Waals surface area (Å²) in [6.07, 6.45) is 0.122. The molecule has 0 amide bonds. The third-order valence-electron chi connectivity index (χ3n) is 5.81. The van der Waals surface area contributed by atoms with Gasteiger partial charge in [0, 0.05) is 26.0 Å². The summed E-state index contributed by atoms with van der Waals surface area (Å²) in [7, 11) is -0.306. The van der Waals surface area contributed by atoms with E-state index in [1.54, 1.807) is 7.11 Å². The van der Waals surface area contributed by atoms with Gasteiger partial charge < -0.3 is 23.4 Å². The van der Waals surface area contributed by atoms with Crippen LogP contribution in [0.1, 0.15) is 52.7 Å². The molecule has 1 aliphatic heterocycles. The number of ether oxygens (including phenoxy) is 4. The molecule has 0 bridgehead atoms. The van der Waals surface area contributed by atoms with Crippen molar-refractivity contribution in [2.75, 3.05) is 13.9 Å². The van der Waals surface area contributed by atoms with E-state index < -0.39 is 20.0 Å². The minimum atomic E-state index is -1.89. The first kappa shape index (κ1) is 23.7. The maximum absolute atomic E-state index is 11.5. The zero-order chi connectivity index (χ0) is 22.0. The summed E-state index contributed by atoms with van der Waals surface area (Å²) in [6, 6.07) is 3.98. The van der Waals surface area contributed by atoms with Crippen molar-refractivity contribution in [1.29, 1.82) is 0 Å². The van der Waals surface area contributed by atoms with Gasteiger partial charge in [-0.15, -0.1) is 0 Å².